The lowest BCUT2D eigenvalue weighted by Gasteiger charge is -2.34. The van der Waals surface area contributed by atoms with E-state index >= 15 is 0 Å². The van der Waals surface area contributed by atoms with E-state index in [0.29, 0.717) is 0 Å². The molecule has 2 aromatic carbocycles. The summed E-state index contributed by atoms with van der Waals surface area (Å²) in [7, 11) is 1.63. The summed E-state index contributed by atoms with van der Waals surface area (Å²) in [5, 5.41) is 2.94. The number of anilines is 1. The largest absolute Gasteiger partial charge is 0.497 e. The van der Waals surface area contributed by atoms with Crippen molar-refractivity contribution < 1.29 is 9.53 Å². The molecule has 0 atom stereocenters. The van der Waals surface area contributed by atoms with Crippen LogP contribution in [0.5, 0.6) is 5.75 Å². The number of ether oxygens (including phenoxy) is 1. The molecular formula is C19H23N3O2. The van der Waals surface area contributed by atoms with E-state index in [1.54, 1.807) is 7.11 Å². The minimum absolute atomic E-state index is 0.0421. The van der Waals surface area contributed by atoms with Crippen molar-refractivity contribution in [2.75, 3.05) is 38.6 Å². The summed E-state index contributed by atoms with van der Waals surface area (Å²) in [6.07, 6.45) is 0. The van der Waals surface area contributed by atoms with Gasteiger partial charge in [-0.05, 0) is 29.8 Å². The molecule has 126 valence electrons. The van der Waals surface area contributed by atoms with Crippen molar-refractivity contribution in [3.63, 3.8) is 0 Å². The number of hydrogen-bond donors (Lipinski definition) is 1. The minimum Gasteiger partial charge on any atom is -0.497 e. The molecule has 0 saturated carbocycles. The van der Waals surface area contributed by atoms with Crippen LogP contribution in [0.1, 0.15) is 5.56 Å². The van der Waals surface area contributed by atoms with E-state index in [1.165, 1.54) is 5.56 Å². The molecule has 24 heavy (non-hydrogen) atoms. The van der Waals surface area contributed by atoms with Crippen LogP contribution in [0, 0.1) is 0 Å². The fraction of sp³-hybridized carbons (Fsp3) is 0.316. The maximum absolute atomic E-state index is 12.4. The lowest BCUT2D eigenvalue weighted by atomic mass is 10.2. The van der Waals surface area contributed by atoms with Gasteiger partial charge in [-0.2, -0.15) is 0 Å². The minimum atomic E-state index is -0.0421. The van der Waals surface area contributed by atoms with E-state index in [9.17, 15) is 4.79 Å². The summed E-state index contributed by atoms with van der Waals surface area (Å²) >= 11 is 0. The number of rotatable bonds is 4. The molecule has 0 radical (unpaired) electrons. The van der Waals surface area contributed by atoms with Crippen LogP contribution in [0.15, 0.2) is 54.6 Å². The van der Waals surface area contributed by atoms with Crippen LogP contribution in [0.3, 0.4) is 0 Å². The van der Waals surface area contributed by atoms with Gasteiger partial charge in [-0.15, -0.1) is 0 Å². The Kier molecular flexibility index (Phi) is 5.33. The maximum Gasteiger partial charge on any atom is 0.321 e. The number of carbonyl (C=O) groups is 1. The standard InChI is InChI=1S/C19H23N3O2/c1-24-18-9-7-17(8-10-18)20-19(23)22-13-11-21(12-14-22)15-16-5-3-2-4-6-16/h2-10H,11-15H2,1H3,(H,20,23). The van der Waals surface area contributed by atoms with Gasteiger partial charge in [-0.25, -0.2) is 4.79 Å². The Hall–Kier alpha value is -2.53. The van der Waals surface area contributed by atoms with Crippen LogP contribution in [-0.2, 0) is 6.54 Å². The van der Waals surface area contributed by atoms with Crippen LogP contribution in [-0.4, -0.2) is 49.1 Å². The molecule has 0 spiro atoms. The Morgan fingerprint density at radius 1 is 1.00 bits per heavy atom. The Labute approximate surface area is 142 Å². The van der Waals surface area contributed by atoms with Gasteiger partial charge >= 0.3 is 6.03 Å². The van der Waals surface area contributed by atoms with Crippen LogP contribution in [0.2, 0.25) is 0 Å². The molecule has 1 fully saturated rings. The van der Waals surface area contributed by atoms with Gasteiger partial charge in [0.2, 0.25) is 0 Å². The third-order valence-corrected chi connectivity index (χ3v) is 4.25. The molecule has 5 heteroatoms. The van der Waals surface area contributed by atoms with Crippen molar-refractivity contribution in [3.8, 4) is 5.75 Å². The van der Waals surface area contributed by atoms with Gasteiger partial charge < -0.3 is 15.0 Å². The number of urea groups is 1. The van der Waals surface area contributed by atoms with Gasteiger partial charge in [0.1, 0.15) is 5.75 Å². The summed E-state index contributed by atoms with van der Waals surface area (Å²) in [6.45, 7) is 4.22. The van der Waals surface area contributed by atoms with Gasteiger partial charge in [0.05, 0.1) is 7.11 Å². The van der Waals surface area contributed by atoms with E-state index in [-0.39, 0.29) is 6.03 Å². The lowest BCUT2D eigenvalue weighted by molar-refractivity contribution is 0.143. The van der Waals surface area contributed by atoms with E-state index in [2.05, 4.69) is 34.5 Å². The molecule has 0 aliphatic carbocycles. The van der Waals surface area contributed by atoms with Crippen molar-refractivity contribution in [2.24, 2.45) is 0 Å². The van der Waals surface area contributed by atoms with Crippen molar-refractivity contribution in [2.45, 2.75) is 6.54 Å². The first-order valence-electron chi connectivity index (χ1n) is 8.21. The average Bonchev–Trinajstić information content (AvgIpc) is 2.64. The topological polar surface area (TPSA) is 44.8 Å². The Morgan fingerprint density at radius 3 is 2.29 bits per heavy atom. The first kappa shape index (κ1) is 16.3. The predicted molar refractivity (Wildman–Crippen MR) is 95.3 cm³/mol. The molecule has 0 unspecified atom stereocenters. The second-order valence-corrected chi connectivity index (χ2v) is 5.91. The number of methoxy groups -OCH3 is 1. The van der Waals surface area contributed by atoms with Crippen molar-refractivity contribution in [1.82, 2.24) is 9.80 Å². The normalized spacial score (nSPS) is 15.1. The molecule has 2 aromatic rings. The molecule has 1 aliphatic rings. The average molecular weight is 325 g/mol. The molecule has 5 nitrogen and oxygen atoms in total. The van der Waals surface area contributed by atoms with Crippen molar-refractivity contribution >= 4 is 11.7 Å². The molecule has 1 aliphatic heterocycles. The highest BCUT2D eigenvalue weighted by atomic mass is 16.5. The first-order chi connectivity index (χ1) is 11.7. The van der Waals surface area contributed by atoms with E-state index in [4.69, 9.17) is 4.74 Å². The quantitative estimate of drug-likeness (QED) is 0.940. The number of nitrogens with zero attached hydrogens (tertiary/aromatic N) is 2. The SMILES string of the molecule is COc1ccc(NC(=O)N2CCN(Cc3ccccc3)CC2)cc1. The van der Waals surface area contributed by atoms with Gasteiger partial charge in [0.25, 0.3) is 0 Å². The lowest BCUT2D eigenvalue weighted by Crippen LogP contribution is -2.49. The number of piperazine rings is 1. The zero-order valence-corrected chi connectivity index (χ0v) is 13.9. The highest BCUT2D eigenvalue weighted by Gasteiger charge is 2.21. The summed E-state index contributed by atoms with van der Waals surface area (Å²) < 4.78 is 5.12. The highest BCUT2D eigenvalue weighted by molar-refractivity contribution is 5.89. The number of nitrogens with one attached hydrogen (secondary N) is 1. The van der Waals surface area contributed by atoms with Gasteiger partial charge in [0.15, 0.2) is 0 Å². The second-order valence-electron chi connectivity index (χ2n) is 5.91. The maximum atomic E-state index is 12.4. The molecule has 1 heterocycles. The van der Waals surface area contributed by atoms with Gasteiger partial charge in [0, 0.05) is 38.4 Å². The summed E-state index contributed by atoms with van der Waals surface area (Å²) in [6, 6.07) is 17.8. The fourth-order valence-electron chi connectivity index (χ4n) is 2.83. The monoisotopic (exact) mass is 325 g/mol. The predicted octanol–water partition coefficient (Wildman–Crippen LogP) is 3.04. The smallest absolute Gasteiger partial charge is 0.321 e. The van der Waals surface area contributed by atoms with Crippen LogP contribution >= 0.6 is 0 Å². The number of amides is 2. The number of benzene rings is 2. The van der Waals surface area contributed by atoms with E-state index < -0.39 is 0 Å². The number of carbonyl (C=O) groups excluding carboxylic acids is 1. The van der Waals surface area contributed by atoms with Crippen LogP contribution < -0.4 is 10.1 Å². The first-order valence-corrected chi connectivity index (χ1v) is 8.21. The molecule has 0 aromatic heterocycles. The van der Waals surface area contributed by atoms with E-state index in [1.807, 2.05) is 35.2 Å². The fourth-order valence-corrected chi connectivity index (χ4v) is 2.83. The second kappa shape index (κ2) is 7.84. The zero-order chi connectivity index (χ0) is 16.8. The van der Waals surface area contributed by atoms with Crippen LogP contribution in [0.25, 0.3) is 0 Å². The summed E-state index contributed by atoms with van der Waals surface area (Å²) in [5.74, 6) is 0.780. The van der Waals surface area contributed by atoms with Crippen LogP contribution in [0.4, 0.5) is 10.5 Å². The van der Waals surface area contributed by atoms with Crippen molar-refractivity contribution in [3.05, 3.63) is 60.2 Å². The molecule has 2 amide bonds. The third kappa shape index (κ3) is 4.26. The zero-order valence-electron chi connectivity index (χ0n) is 13.9. The summed E-state index contributed by atoms with van der Waals surface area (Å²) in [4.78, 5) is 16.6. The van der Waals surface area contributed by atoms with Crippen molar-refractivity contribution in [1.29, 1.82) is 0 Å². The van der Waals surface area contributed by atoms with Gasteiger partial charge in [-0.3, -0.25) is 4.90 Å². The number of hydrogen-bond acceptors (Lipinski definition) is 3. The molecule has 0 bridgehead atoms. The Balaban J connectivity index is 1.47. The molecule has 3 rings (SSSR count). The highest BCUT2D eigenvalue weighted by Crippen LogP contribution is 2.16. The van der Waals surface area contributed by atoms with Gasteiger partial charge in [-0.1, -0.05) is 30.3 Å². The van der Waals surface area contributed by atoms with E-state index in [0.717, 1.165) is 44.2 Å². The Morgan fingerprint density at radius 2 is 1.67 bits per heavy atom. The molecule has 1 N–H and O–H groups in total. The summed E-state index contributed by atoms with van der Waals surface area (Å²) in [5.41, 5.74) is 2.10. The molecule has 1 saturated heterocycles. The third-order valence-electron chi connectivity index (χ3n) is 4.25. The molecular weight excluding hydrogens is 302 g/mol. The Bertz CT molecular complexity index is 650.